The van der Waals surface area contributed by atoms with E-state index in [0.29, 0.717) is 10.3 Å². The second kappa shape index (κ2) is 7.21. The van der Waals surface area contributed by atoms with Gasteiger partial charge in [-0.2, -0.15) is 0 Å². The van der Waals surface area contributed by atoms with Crippen LogP contribution in [0.5, 0.6) is 0 Å². The Bertz CT molecular complexity index is 834. The van der Waals surface area contributed by atoms with Crippen molar-refractivity contribution in [3.63, 3.8) is 0 Å². The number of carbonyl (C=O) groups is 1. The largest absolute Gasteiger partial charge is 0.301 e. The molecule has 2 N–H and O–H groups in total. The highest BCUT2D eigenvalue weighted by molar-refractivity contribution is 8.00. The highest BCUT2D eigenvalue weighted by atomic mass is 32.2. The lowest BCUT2D eigenvalue weighted by Crippen LogP contribution is -2.19. The molecule has 0 bridgehead atoms. The van der Waals surface area contributed by atoms with Gasteiger partial charge < -0.3 is 10.3 Å². The molecule has 116 valence electrons. The predicted octanol–water partition coefficient (Wildman–Crippen LogP) is 2.70. The molecule has 0 unspecified atom stereocenters. The van der Waals surface area contributed by atoms with Crippen molar-refractivity contribution < 1.29 is 4.79 Å². The van der Waals surface area contributed by atoms with E-state index in [2.05, 4.69) is 20.3 Å². The Morgan fingerprint density at radius 2 is 2.00 bits per heavy atom. The first-order valence-corrected chi connectivity index (χ1v) is 8.45. The van der Waals surface area contributed by atoms with Crippen molar-refractivity contribution in [1.82, 2.24) is 15.0 Å². The van der Waals surface area contributed by atoms with Crippen molar-refractivity contribution >= 4 is 34.1 Å². The molecule has 0 aliphatic rings. The van der Waals surface area contributed by atoms with Gasteiger partial charge in [0.05, 0.1) is 0 Å². The van der Waals surface area contributed by atoms with Crippen molar-refractivity contribution in [1.29, 1.82) is 0 Å². The van der Waals surface area contributed by atoms with Gasteiger partial charge >= 0.3 is 0 Å². The molecule has 1 amide bonds. The number of thiazole rings is 1. The van der Waals surface area contributed by atoms with Crippen LogP contribution in [0.3, 0.4) is 0 Å². The molecule has 2 heterocycles. The van der Waals surface area contributed by atoms with Crippen LogP contribution in [0.4, 0.5) is 5.13 Å². The number of amides is 1. The van der Waals surface area contributed by atoms with Crippen LogP contribution in [0.25, 0.3) is 0 Å². The summed E-state index contributed by atoms with van der Waals surface area (Å²) in [6.45, 7) is 0. The summed E-state index contributed by atoms with van der Waals surface area (Å²) in [5.74, 6) is -0.220. The van der Waals surface area contributed by atoms with E-state index in [9.17, 15) is 9.59 Å². The van der Waals surface area contributed by atoms with Crippen LogP contribution in [-0.2, 0) is 4.79 Å². The van der Waals surface area contributed by atoms with Crippen LogP contribution in [-0.4, -0.2) is 20.9 Å². The number of carbonyl (C=O) groups excluding carboxylic acids is 1. The number of aromatic nitrogens is 3. The Balaban J connectivity index is 1.87. The standard InChI is InChI=1S/C15H12N4O2S2/c20-11-6-7-16-15(18-11)23-12(10-4-2-1-3-5-10)13(21)19-14-17-8-9-22-14/h1-9,12H,(H,16,18,20)(H,17,19,21)/t12-/m0/s1. The van der Waals surface area contributed by atoms with Gasteiger partial charge in [-0.1, -0.05) is 42.1 Å². The molecule has 0 fully saturated rings. The summed E-state index contributed by atoms with van der Waals surface area (Å²) in [4.78, 5) is 34.8. The molecular formula is C15H12N4O2S2. The summed E-state index contributed by atoms with van der Waals surface area (Å²) in [5.41, 5.74) is 0.563. The number of hydrogen-bond donors (Lipinski definition) is 2. The van der Waals surface area contributed by atoms with Gasteiger partial charge in [-0.3, -0.25) is 9.59 Å². The van der Waals surface area contributed by atoms with E-state index in [4.69, 9.17) is 0 Å². The number of hydrogen-bond acceptors (Lipinski definition) is 6. The van der Waals surface area contributed by atoms with E-state index < -0.39 is 5.25 Å². The molecule has 1 aromatic carbocycles. The van der Waals surface area contributed by atoms with Crippen molar-refractivity contribution in [2.45, 2.75) is 10.4 Å². The number of H-pyrrole nitrogens is 1. The molecule has 3 aromatic rings. The lowest BCUT2D eigenvalue weighted by atomic mass is 10.1. The van der Waals surface area contributed by atoms with Crippen LogP contribution in [0, 0.1) is 0 Å². The van der Waals surface area contributed by atoms with E-state index in [1.165, 1.54) is 35.4 Å². The van der Waals surface area contributed by atoms with Gasteiger partial charge in [0, 0.05) is 23.8 Å². The molecule has 0 aliphatic carbocycles. The van der Waals surface area contributed by atoms with E-state index in [-0.39, 0.29) is 11.5 Å². The third-order valence-corrected chi connectivity index (χ3v) is 4.72. The average Bonchev–Trinajstić information content (AvgIpc) is 3.06. The summed E-state index contributed by atoms with van der Waals surface area (Å²) in [5, 5.41) is 4.94. The number of anilines is 1. The van der Waals surface area contributed by atoms with Crippen molar-refractivity contribution in [2.24, 2.45) is 0 Å². The Hall–Kier alpha value is -2.45. The lowest BCUT2D eigenvalue weighted by molar-refractivity contribution is -0.115. The molecule has 0 radical (unpaired) electrons. The Kier molecular flexibility index (Phi) is 4.84. The zero-order valence-corrected chi connectivity index (χ0v) is 13.4. The molecule has 2 aromatic heterocycles. The number of nitrogens with zero attached hydrogens (tertiary/aromatic N) is 2. The molecule has 0 saturated heterocycles. The molecule has 6 nitrogen and oxygen atoms in total. The predicted molar refractivity (Wildman–Crippen MR) is 90.6 cm³/mol. The fourth-order valence-electron chi connectivity index (χ4n) is 1.88. The lowest BCUT2D eigenvalue weighted by Gasteiger charge is -2.15. The fraction of sp³-hybridized carbons (Fsp3) is 0.0667. The molecule has 0 aliphatic heterocycles. The number of rotatable bonds is 5. The minimum Gasteiger partial charge on any atom is -0.301 e. The Labute approximate surface area is 140 Å². The smallest absolute Gasteiger partial charge is 0.251 e. The van der Waals surface area contributed by atoms with E-state index in [1.54, 1.807) is 11.6 Å². The van der Waals surface area contributed by atoms with E-state index >= 15 is 0 Å². The van der Waals surface area contributed by atoms with E-state index in [0.717, 1.165) is 5.56 Å². The van der Waals surface area contributed by atoms with Gasteiger partial charge in [-0.15, -0.1) is 11.3 Å². The second-order valence-corrected chi connectivity index (χ2v) is 6.46. The van der Waals surface area contributed by atoms with Crippen LogP contribution in [0.1, 0.15) is 10.8 Å². The maximum absolute atomic E-state index is 12.6. The molecule has 0 saturated carbocycles. The van der Waals surface area contributed by atoms with Gasteiger partial charge in [-0.05, 0) is 5.56 Å². The third-order valence-electron chi connectivity index (χ3n) is 2.88. The molecule has 23 heavy (non-hydrogen) atoms. The maximum atomic E-state index is 12.6. The second-order valence-electron chi connectivity index (χ2n) is 4.47. The van der Waals surface area contributed by atoms with Crippen molar-refractivity contribution in [2.75, 3.05) is 5.32 Å². The molecule has 1 atom stereocenters. The topological polar surface area (TPSA) is 87.7 Å². The summed E-state index contributed by atoms with van der Waals surface area (Å²) < 4.78 is 0. The van der Waals surface area contributed by atoms with Crippen LogP contribution < -0.4 is 10.9 Å². The van der Waals surface area contributed by atoms with Gasteiger partial charge in [-0.25, -0.2) is 9.97 Å². The monoisotopic (exact) mass is 344 g/mol. The molecule has 3 rings (SSSR count). The molecule has 8 heteroatoms. The maximum Gasteiger partial charge on any atom is 0.251 e. The highest BCUT2D eigenvalue weighted by Gasteiger charge is 2.23. The van der Waals surface area contributed by atoms with Crippen LogP contribution in [0.2, 0.25) is 0 Å². The third kappa shape index (κ3) is 4.05. The SMILES string of the molecule is O=C(Nc1nccs1)[C@@H](Sc1nccc(=O)[nH]1)c1ccccc1. The van der Waals surface area contributed by atoms with E-state index in [1.807, 2.05) is 30.3 Å². The molecule has 0 spiro atoms. The van der Waals surface area contributed by atoms with Crippen molar-refractivity contribution in [3.8, 4) is 0 Å². The summed E-state index contributed by atoms with van der Waals surface area (Å²) in [7, 11) is 0. The first-order chi connectivity index (χ1) is 11.2. The summed E-state index contributed by atoms with van der Waals surface area (Å²) in [6.07, 6.45) is 3.04. The molecular weight excluding hydrogens is 332 g/mol. The fourth-order valence-corrected chi connectivity index (χ4v) is 3.38. The minimum absolute atomic E-state index is 0.220. The van der Waals surface area contributed by atoms with Gasteiger partial charge in [0.1, 0.15) is 5.25 Å². The summed E-state index contributed by atoms with van der Waals surface area (Å²) >= 11 is 2.53. The first kappa shape index (κ1) is 15.4. The number of benzene rings is 1. The van der Waals surface area contributed by atoms with Gasteiger partial charge in [0.2, 0.25) is 5.91 Å². The quantitative estimate of drug-likeness (QED) is 0.549. The minimum atomic E-state index is -0.550. The first-order valence-electron chi connectivity index (χ1n) is 6.69. The zero-order valence-electron chi connectivity index (χ0n) is 11.8. The van der Waals surface area contributed by atoms with Gasteiger partial charge in [0.25, 0.3) is 5.56 Å². The highest BCUT2D eigenvalue weighted by Crippen LogP contribution is 2.34. The normalized spacial score (nSPS) is 11.8. The number of nitrogens with one attached hydrogen (secondary N) is 2. The number of thioether (sulfide) groups is 1. The summed E-state index contributed by atoms with van der Waals surface area (Å²) in [6, 6.07) is 10.7. The Morgan fingerprint density at radius 1 is 1.17 bits per heavy atom. The van der Waals surface area contributed by atoms with Crippen LogP contribution in [0.15, 0.2) is 64.1 Å². The van der Waals surface area contributed by atoms with Crippen molar-refractivity contribution in [3.05, 3.63) is 70.1 Å². The number of aromatic amines is 1. The Morgan fingerprint density at radius 3 is 2.70 bits per heavy atom. The van der Waals surface area contributed by atoms with Gasteiger partial charge in [0.15, 0.2) is 10.3 Å². The average molecular weight is 344 g/mol. The zero-order chi connectivity index (χ0) is 16.1. The van der Waals surface area contributed by atoms with Crippen LogP contribution >= 0.6 is 23.1 Å².